The Morgan fingerprint density at radius 3 is 2.50 bits per heavy atom. The van der Waals surface area contributed by atoms with Crippen molar-refractivity contribution in [2.75, 3.05) is 0 Å². The van der Waals surface area contributed by atoms with Crippen LogP contribution in [-0.2, 0) is 6.42 Å². The second-order valence-corrected chi connectivity index (χ2v) is 3.93. The Morgan fingerprint density at radius 1 is 1.00 bits per heavy atom. The standard InChI is InChI=1S/C14H16/c1-4-12-9-13-7-5-6-10(2)14(13)8-11(12)3/h5-9H,4H2,1-3H3. The lowest BCUT2D eigenvalue weighted by Gasteiger charge is -2.07. The molecule has 0 aromatic heterocycles. The van der Waals surface area contributed by atoms with Crippen LogP contribution in [0.2, 0.25) is 0 Å². The maximum Gasteiger partial charge on any atom is -0.0152 e. The second-order valence-electron chi connectivity index (χ2n) is 3.93. The first-order valence-corrected chi connectivity index (χ1v) is 5.21. The third-order valence-corrected chi connectivity index (χ3v) is 2.94. The summed E-state index contributed by atoms with van der Waals surface area (Å²) in [6, 6.07) is 11.1. The molecule has 0 N–H and O–H groups in total. The van der Waals surface area contributed by atoms with Crippen LogP contribution < -0.4 is 0 Å². The predicted octanol–water partition coefficient (Wildman–Crippen LogP) is 4.02. The molecule has 0 unspecified atom stereocenters. The van der Waals surface area contributed by atoms with E-state index in [0.717, 1.165) is 6.42 Å². The first kappa shape index (κ1) is 9.26. The fraction of sp³-hybridized carbons (Fsp3) is 0.286. The monoisotopic (exact) mass is 184 g/mol. The molecule has 0 atom stereocenters. The van der Waals surface area contributed by atoms with Crippen molar-refractivity contribution in [3.8, 4) is 0 Å². The second kappa shape index (κ2) is 3.45. The van der Waals surface area contributed by atoms with E-state index in [9.17, 15) is 0 Å². The van der Waals surface area contributed by atoms with Crippen molar-refractivity contribution in [1.82, 2.24) is 0 Å². The number of aryl methyl sites for hydroxylation is 3. The summed E-state index contributed by atoms with van der Waals surface area (Å²) in [6.07, 6.45) is 1.12. The van der Waals surface area contributed by atoms with E-state index in [1.807, 2.05) is 0 Å². The Balaban J connectivity index is 2.79. The van der Waals surface area contributed by atoms with Crippen molar-refractivity contribution in [1.29, 1.82) is 0 Å². The zero-order chi connectivity index (χ0) is 10.1. The molecule has 0 aliphatic carbocycles. The molecule has 0 nitrogen and oxygen atoms in total. The van der Waals surface area contributed by atoms with Crippen molar-refractivity contribution in [3.05, 3.63) is 47.0 Å². The number of hydrogen-bond donors (Lipinski definition) is 0. The van der Waals surface area contributed by atoms with Crippen LogP contribution in [0.15, 0.2) is 30.3 Å². The van der Waals surface area contributed by atoms with Crippen molar-refractivity contribution < 1.29 is 0 Å². The molecule has 72 valence electrons. The fourth-order valence-electron chi connectivity index (χ4n) is 2.02. The number of rotatable bonds is 1. The number of hydrogen-bond acceptors (Lipinski definition) is 0. The number of fused-ring (bicyclic) bond motifs is 1. The van der Waals surface area contributed by atoms with E-state index in [1.165, 1.54) is 27.5 Å². The molecule has 0 heteroatoms. The van der Waals surface area contributed by atoms with Crippen LogP contribution in [-0.4, -0.2) is 0 Å². The van der Waals surface area contributed by atoms with E-state index in [0.29, 0.717) is 0 Å². The minimum Gasteiger partial charge on any atom is -0.0614 e. The minimum atomic E-state index is 1.12. The van der Waals surface area contributed by atoms with Gasteiger partial charge >= 0.3 is 0 Å². The predicted molar refractivity (Wildman–Crippen MR) is 62.8 cm³/mol. The van der Waals surface area contributed by atoms with Gasteiger partial charge in [0.1, 0.15) is 0 Å². The van der Waals surface area contributed by atoms with E-state index in [4.69, 9.17) is 0 Å². The first-order chi connectivity index (χ1) is 6.72. The van der Waals surface area contributed by atoms with Crippen LogP contribution in [0.5, 0.6) is 0 Å². The average Bonchev–Trinajstić information content (AvgIpc) is 2.19. The SMILES string of the molecule is CCc1cc2cccc(C)c2cc1C. The minimum absolute atomic E-state index is 1.12. The molecule has 0 spiro atoms. The quantitative estimate of drug-likeness (QED) is 0.628. The third kappa shape index (κ3) is 1.41. The summed E-state index contributed by atoms with van der Waals surface area (Å²) >= 11 is 0. The van der Waals surface area contributed by atoms with Gasteiger partial charge in [0.05, 0.1) is 0 Å². The molecular formula is C14H16. The Kier molecular flexibility index (Phi) is 2.28. The summed E-state index contributed by atoms with van der Waals surface area (Å²) in [5, 5.41) is 2.76. The Bertz CT molecular complexity index is 467. The topological polar surface area (TPSA) is 0 Å². The van der Waals surface area contributed by atoms with Crippen molar-refractivity contribution >= 4 is 10.8 Å². The Morgan fingerprint density at radius 2 is 1.79 bits per heavy atom. The number of benzene rings is 2. The van der Waals surface area contributed by atoms with Gasteiger partial charge in [-0.3, -0.25) is 0 Å². The molecule has 0 aliphatic rings. The highest BCUT2D eigenvalue weighted by molar-refractivity contribution is 5.87. The molecule has 0 saturated heterocycles. The molecule has 0 aliphatic heterocycles. The largest absolute Gasteiger partial charge is 0.0614 e. The molecule has 0 bridgehead atoms. The maximum atomic E-state index is 2.32. The van der Waals surface area contributed by atoms with E-state index < -0.39 is 0 Å². The smallest absolute Gasteiger partial charge is 0.0152 e. The zero-order valence-corrected chi connectivity index (χ0v) is 9.09. The van der Waals surface area contributed by atoms with E-state index >= 15 is 0 Å². The van der Waals surface area contributed by atoms with Crippen molar-refractivity contribution in [2.24, 2.45) is 0 Å². The van der Waals surface area contributed by atoms with Crippen LogP contribution in [0.3, 0.4) is 0 Å². The normalized spacial score (nSPS) is 10.8. The molecule has 0 saturated carbocycles. The summed E-state index contributed by atoms with van der Waals surface area (Å²) in [7, 11) is 0. The Labute approximate surface area is 85.6 Å². The summed E-state index contributed by atoms with van der Waals surface area (Å²) in [5.41, 5.74) is 4.24. The highest BCUT2D eigenvalue weighted by Crippen LogP contribution is 2.22. The summed E-state index contributed by atoms with van der Waals surface area (Å²) in [4.78, 5) is 0. The Hall–Kier alpha value is -1.30. The molecule has 0 heterocycles. The van der Waals surface area contributed by atoms with E-state index in [1.54, 1.807) is 0 Å². The summed E-state index contributed by atoms with van der Waals surface area (Å²) in [6.45, 7) is 6.59. The van der Waals surface area contributed by atoms with Crippen molar-refractivity contribution in [2.45, 2.75) is 27.2 Å². The van der Waals surface area contributed by atoms with Gasteiger partial charge in [0.2, 0.25) is 0 Å². The first-order valence-electron chi connectivity index (χ1n) is 5.21. The molecule has 2 aromatic carbocycles. The van der Waals surface area contributed by atoms with Crippen LogP contribution in [0.25, 0.3) is 10.8 Å². The van der Waals surface area contributed by atoms with Gasteiger partial charge in [-0.05, 0) is 47.7 Å². The molecule has 0 amide bonds. The van der Waals surface area contributed by atoms with Gasteiger partial charge in [-0.25, -0.2) is 0 Å². The molecule has 0 radical (unpaired) electrons. The summed E-state index contributed by atoms with van der Waals surface area (Å²) in [5.74, 6) is 0. The van der Waals surface area contributed by atoms with Gasteiger partial charge in [-0.1, -0.05) is 37.3 Å². The van der Waals surface area contributed by atoms with Gasteiger partial charge in [-0.15, -0.1) is 0 Å². The highest BCUT2D eigenvalue weighted by Gasteiger charge is 2.01. The van der Waals surface area contributed by atoms with Gasteiger partial charge < -0.3 is 0 Å². The van der Waals surface area contributed by atoms with Gasteiger partial charge in [0, 0.05) is 0 Å². The third-order valence-electron chi connectivity index (χ3n) is 2.94. The maximum absolute atomic E-state index is 2.32. The lowest BCUT2D eigenvalue weighted by atomic mass is 9.98. The molecular weight excluding hydrogens is 168 g/mol. The lowest BCUT2D eigenvalue weighted by Crippen LogP contribution is -1.88. The molecule has 14 heavy (non-hydrogen) atoms. The van der Waals surface area contributed by atoms with E-state index in [2.05, 4.69) is 51.1 Å². The van der Waals surface area contributed by atoms with Gasteiger partial charge in [0.25, 0.3) is 0 Å². The van der Waals surface area contributed by atoms with Crippen LogP contribution >= 0.6 is 0 Å². The van der Waals surface area contributed by atoms with Crippen LogP contribution in [0.4, 0.5) is 0 Å². The highest BCUT2D eigenvalue weighted by atomic mass is 14.1. The van der Waals surface area contributed by atoms with Crippen LogP contribution in [0.1, 0.15) is 23.6 Å². The average molecular weight is 184 g/mol. The van der Waals surface area contributed by atoms with Crippen LogP contribution in [0, 0.1) is 13.8 Å². The van der Waals surface area contributed by atoms with Crippen molar-refractivity contribution in [3.63, 3.8) is 0 Å². The van der Waals surface area contributed by atoms with Gasteiger partial charge in [-0.2, -0.15) is 0 Å². The molecule has 0 fully saturated rings. The molecule has 2 aromatic rings. The lowest BCUT2D eigenvalue weighted by molar-refractivity contribution is 1.12. The van der Waals surface area contributed by atoms with Gasteiger partial charge in [0.15, 0.2) is 0 Å². The van der Waals surface area contributed by atoms with E-state index in [-0.39, 0.29) is 0 Å². The molecule has 2 rings (SSSR count). The zero-order valence-electron chi connectivity index (χ0n) is 9.09. The fourth-order valence-corrected chi connectivity index (χ4v) is 2.02. The summed E-state index contributed by atoms with van der Waals surface area (Å²) < 4.78 is 0.